The monoisotopic (exact) mass is 459 g/mol. The first-order valence-electron chi connectivity index (χ1n) is 10.7. The number of nitrogens with one attached hydrogen (secondary N) is 1. The highest BCUT2D eigenvalue weighted by Crippen LogP contribution is 2.35. The highest BCUT2D eigenvalue weighted by molar-refractivity contribution is 7.89. The number of benzene rings is 1. The van der Waals surface area contributed by atoms with Crippen LogP contribution in [0.2, 0.25) is 0 Å². The molecule has 31 heavy (non-hydrogen) atoms. The molecule has 5 atom stereocenters. The number of hydrogen-bond donors (Lipinski definition) is 4. The van der Waals surface area contributed by atoms with Crippen molar-refractivity contribution in [3.8, 4) is 0 Å². The third-order valence-electron chi connectivity index (χ3n) is 5.72. The maximum atomic E-state index is 13.4. The van der Waals surface area contributed by atoms with Gasteiger partial charge in [0.2, 0.25) is 10.0 Å². The number of ether oxygens (including phenoxy) is 2. The van der Waals surface area contributed by atoms with Gasteiger partial charge in [-0.25, -0.2) is 13.1 Å². The summed E-state index contributed by atoms with van der Waals surface area (Å²) in [5, 5.41) is 30.2. The van der Waals surface area contributed by atoms with Crippen molar-refractivity contribution in [3.63, 3.8) is 0 Å². The van der Waals surface area contributed by atoms with E-state index in [9.17, 15) is 23.7 Å². The zero-order valence-electron chi connectivity index (χ0n) is 19.4. The lowest BCUT2D eigenvalue weighted by Crippen LogP contribution is -2.60. The van der Waals surface area contributed by atoms with Crippen LogP contribution in [0.1, 0.15) is 76.0 Å². The van der Waals surface area contributed by atoms with Crippen LogP contribution in [0.4, 0.5) is 0 Å². The van der Waals surface area contributed by atoms with E-state index in [0.717, 1.165) is 16.7 Å². The molecule has 4 N–H and O–H groups in total. The fraction of sp³-hybridized carbons (Fsp3) is 0.727. The first-order valence-corrected chi connectivity index (χ1v) is 12.2. The van der Waals surface area contributed by atoms with Crippen LogP contribution in [0.5, 0.6) is 0 Å². The molecule has 178 valence electrons. The molecule has 1 saturated heterocycles. The van der Waals surface area contributed by atoms with Crippen LogP contribution in [-0.2, 0) is 19.5 Å². The minimum atomic E-state index is -3.96. The largest absolute Gasteiger partial charge is 0.388 e. The van der Waals surface area contributed by atoms with Gasteiger partial charge in [-0.2, -0.15) is 0 Å². The maximum absolute atomic E-state index is 13.4. The molecule has 1 fully saturated rings. The van der Waals surface area contributed by atoms with E-state index < -0.39 is 40.7 Å². The fourth-order valence-corrected chi connectivity index (χ4v) is 5.48. The van der Waals surface area contributed by atoms with Gasteiger partial charge in [0.25, 0.3) is 0 Å². The van der Waals surface area contributed by atoms with E-state index in [-0.39, 0.29) is 29.2 Å². The van der Waals surface area contributed by atoms with Crippen molar-refractivity contribution in [1.29, 1.82) is 0 Å². The van der Waals surface area contributed by atoms with Crippen molar-refractivity contribution in [2.24, 2.45) is 0 Å². The summed E-state index contributed by atoms with van der Waals surface area (Å²) in [6.07, 6.45) is -6.68. The Morgan fingerprint density at radius 1 is 0.935 bits per heavy atom. The van der Waals surface area contributed by atoms with E-state index in [1.54, 1.807) is 0 Å². The molecule has 1 heterocycles. The Kier molecular flexibility index (Phi) is 8.66. The molecule has 0 bridgehead atoms. The highest BCUT2D eigenvalue weighted by atomic mass is 32.2. The molecule has 0 spiro atoms. The van der Waals surface area contributed by atoms with E-state index in [1.807, 2.05) is 39.8 Å². The van der Waals surface area contributed by atoms with E-state index in [0.29, 0.717) is 0 Å². The fourth-order valence-electron chi connectivity index (χ4n) is 3.74. The Morgan fingerprint density at radius 3 is 1.87 bits per heavy atom. The Morgan fingerprint density at radius 2 is 1.45 bits per heavy atom. The summed E-state index contributed by atoms with van der Waals surface area (Å²) >= 11 is 0. The molecule has 0 saturated carbocycles. The summed E-state index contributed by atoms with van der Waals surface area (Å²) in [6.45, 7) is 11.7. The summed E-state index contributed by atoms with van der Waals surface area (Å²) in [4.78, 5) is 0.246. The quantitative estimate of drug-likeness (QED) is 0.467. The summed E-state index contributed by atoms with van der Waals surface area (Å²) in [5.41, 5.74) is 2.55. The third-order valence-corrected chi connectivity index (χ3v) is 7.28. The highest BCUT2D eigenvalue weighted by Gasteiger charge is 2.44. The molecule has 1 aromatic carbocycles. The predicted octanol–water partition coefficient (Wildman–Crippen LogP) is 1.79. The van der Waals surface area contributed by atoms with Crippen LogP contribution in [0, 0.1) is 0 Å². The second kappa shape index (κ2) is 10.2. The number of aliphatic hydroxyl groups excluding tert-OH is 3. The molecule has 2 rings (SSSR count). The lowest BCUT2D eigenvalue weighted by Gasteiger charge is -2.39. The van der Waals surface area contributed by atoms with Gasteiger partial charge in [-0.1, -0.05) is 53.7 Å². The van der Waals surface area contributed by atoms with Crippen molar-refractivity contribution in [3.05, 3.63) is 28.8 Å². The van der Waals surface area contributed by atoms with Gasteiger partial charge >= 0.3 is 0 Å². The first kappa shape index (κ1) is 26.2. The van der Waals surface area contributed by atoms with Crippen LogP contribution in [0.25, 0.3) is 0 Å². The van der Waals surface area contributed by atoms with E-state index in [2.05, 4.69) is 18.6 Å². The van der Waals surface area contributed by atoms with Crippen molar-refractivity contribution >= 4 is 10.0 Å². The van der Waals surface area contributed by atoms with Gasteiger partial charge < -0.3 is 24.8 Å². The minimum absolute atomic E-state index is 0.0193. The van der Waals surface area contributed by atoms with E-state index in [4.69, 9.17) is 9.47 Å². The standard InChI is InChI=1S/C22H37NO7S/c1-11(2)14-8-15(12(3)4)21(16(9-14)13(5)6)31(27,28)23-10-17-18(24)19(25)20(26)22(29-7)30-17/h8-9,11-13,17-20,22-26H,10H2,1-7H3. The molecular formula is C22H37NO7S. The Balaban J connectivity index is 2.41. The second-order valence-electron chi connectivity index (χ2n) is 9.09. The Hall–Kier alpha value is -1.07. The molecule has 0 aromatic heterocycles. The number of aliphatic hydroxyl groups is 3. The van der Waals surface area contributed by atoms with Crippen molar-refractivity contribution in [2.45, 2.75) is 94.9 Å². The molecule has 0 radical (unpaired) electrons. The Labute approximate surface area is 185 Å². The predicted molar refractivity (Wildman–Crippen MR) is 118 cm³/mol. The molecule has 9 heteroatoms. The van der Waals surface area contributed by atoms with Gasteiger partial charge in [0.1, 0.15) is 24.4 Å². The third kappa shape index (κ3) is 5.65. The van der Waals surface area contributed by atoms with Crippen molar-refractivity contribution < 1.29 is 33.2 Å². The van der Waals surface area contributed by atoms with Crippen LogP contribution in [0.15, 0.2) is 17.0 Å². The maximum Gasteiger partial charge on any atom is 0.241 e. The topological polar surface area (TPSA) is 125 Å². The summed E-state index contributed by atoms with van der Waals surface area (Å²) in [7, 11) is -2.67. The SMILES string of the molecule is COC1OC(CNS(=O)(=O)c2c(C(C)C)cc(C(C)C)cc2C(C)C)C(O)C(O)C1O. The molecule has 0 aliphatic carbocycles. The number of sulfonamides is 1. The lowest BCUT2D eigenvalue weighted by molar-refractivity contribution is -0.287. The normalized spacial score (nSPS) is 27.5. The molecule has 1 aromatic rings. The van der Waals surface area contributed by atoms with Crippen LogP contribution >= 0.6 is 0 Å². The summed E-state index contributed by atoms with van der Waals surface area (Å²) in [5.74, 6) is 0.215. The molecule has 1 aliphatic rings. The van der Waals surface area contributed by atoms with E-state index in [1.165, 1.54) is 7.11 Å². The van der Waals surface area contributed by atoms with Gasteiger partial charge in [-0.05, 0) is 34.4 Å². The molecule has 8 nitrogen and oxygen atoms in total. The van der Waals surface area contributed by atoms with Crippen LogP contribution in [-0.4, -0.2) is 68.1 Å². The Bertz CT molecular complexity index is 822. The number of hydrogen-bond acceptors (Lipinski definition) is 7. The average molecular weight is 460 g/mol. The number of methoxy groups -OCH3 is 1. The first-order chi connectivity index (χ1) is 14.3. The molecule has 0 amide bonds. The lowest BCUT2D eigenvalue weighted by atomic mass is 9.89. The van der Waals surface area contributed by atoms with Crippen LogP contribution in [0.3, 0.4) is 0 Å². The van der Waals surface area contributed by atoms with Gasteiger partial charge in [-0.15, -0.1) is 0 Å². The number of rotatable bonds is 8. The van der Waals surface area contributed by atoms with E-state index >= 15 is 0 Å². The van der Waals surface area contributed by atoms with Gasteiger partial charge in [-0.3, -0.25) is 0 Å². The summed E-state index contributed by atoms with van der Waals surface area (Å²) < 4.78 is 39.8. The zero-order valence-corrected chi connectivity index (χ0v) is 20.2. The molecular weight excluding hydrogens is 422 g/mol. The minimum Gasteiger partial charge on any atom is -0.388 e. The molecule has 5 unspecified atom stereocenters. The van der Waals surface area contributed by atoms with Gasteiger partial charge in [0.15, 0.2) is 6.29 Å². The smallest absolute Gasteiger partial charge is 0.241 e. The van der Waals surface area contributed by atoms with Crippen LogP contribution < -0.4 is 4.72 Å². The van der Waals surface area contributed by atoms with Gasteiger partial charge in [0.05, 0.1) is 4.90 Å². The zero-order chi connectivity index (χ0) is 23.7. The summed E-state index contributed by atoms with van der Waals surface area (Å²) in [6, 6.07) is 3.89. The second-order valence-corrected chi connectivity index (χ2v) is 10.8. The van der Waals surface area contributed by atoms with Gasteiger partial charge in [0, 0.05) is 13.7 Å². The average Bonchev–Trinajstić information content (AvgIpc) is 2.70. The molecule has 1 aliphatic heterocycles. The van der Waals surface area contributed by atoms with Crippen molar-refractivity contribution in [2.75, 3.05) is 13.7 Å². The van der Waals surface area contributed by atoms with Crippen molar-refractivity contribution in [1.82, 2.24) is 4.72 Å².